The van der Waals surface area contributed by atoms with Crippen LogP contribution in [0.5, 0.6) is 0 Å². The average molecular weight is 158 g/mol. The Morgan fingerprint density at radius 3 is 2.67 bits per heavy atom. The molecule has 2 aliphatic carbocycles. The molecule has 0 nitrogen and oxygen atoms in total. The highest BCUT2D eigenvalue weighted by Crippen LogP contribution is 2.55. The Labute approximate surface area is 73.6 Å². The van der Waals surface area contributed by atoms with Crippen LogP contribution >= 0.6 is 0 Å². The van der Waals surface area contributed by atoms with Gasteiger partial charge in [-0.25, -0.2) is 0 Å². The van der Waals surface area contributed by atoms with Crippen molar-refractivity contribution < 1.29 is 0 Å². The van der Waals surface area contributed by atoms with Crippen LogP contribution in [-0.4, -0.2) is 0 Å². The van der Waals surface area contributed by atoms with E-state index in [2.05, 4.69) is 31.2 Å². The van der Waals surface area contributed by atoms with Gasteiger partial charge in [0.1, 0.15) is 0 Å². The van der Waals surface area contributed by atoms with Gasteiger partial charge in [0.25, 0.3) is 0 Å². The van der Waals surface area contributed by atoms with Crippen molar-refractivity contribution in [2.24, 2.45) is 5.92 Å². The van der Waals surface area contributed by atoms with E-state index in [9.17, 15) is 0 Å². The van der Waals surface area contributed by atoms with Gasteiger partial charge in [-0.1, -0.05) is 31.2 Å². The molecule has 0 radical (unpaired) electrons. The van der Waals surface area contributed by atoms with Crippen molar-refractivity contribution in [1.82, 2.24) is 0 Å². The minimum Gasteiger partial charge on any atom is -0.0620 e. The fourth-order valence-electron chi connectivity index (χ4n) is 3.16. The van der Waals surface area contributed by atoms with Crippen molar-refractivity contribution in [3.8, 4) is 0 Å². The Morgan fingerprint density at radius 2 is 1.83 bits per heavy atom. The molecule has 3 unspecified atom stereocenters. The monoisotopic (exact) mass is 158 g/mol. The molecule has 2 aliphatic rings. The summed E-state index contributed by atoms with van der Waals surface area (Å²) >= 11 is 0. The highest BCUT2D eigenvalue weighted by Gasteiger charge is 2.40. The van der Waals surface area contributed by atoms with Gasteiger partial charge in [-0.15, -0.1) is 0 Å². The molecule has 0 amide bonds. The van der Waals surface area contributed by atoms with Crippen molar-refractivity contribution >= 4 is 0 Å². The minimum atomic E-state index is 0.895. The Balaban J connectivity index is 2.17. The number of fused-ring (bicyclic) bond motifs is 5. The molecule has 1 aromatic rings. The Kier molecular flexibility index (Phi) is 1.19. The first kappa shape index (κ1) is 6.71. The first-order valence-corrected chi connectivity index (χ1v) is 4.95. The van der Waals surface area contributed by atoms with Gasteiger partial charge >= 0.3 is 0 Å². The van der Waals surface area contributed by atoms with E-state index in [-0.39, 0.29) is 0 Å². The summed E-state index contributed by atoms with van der Waals surface area (Å²) in [7, 11) is 0. The van der Waals surface area contributed by atoms with Crippen molar-refractivity contribution in [2.75, 3.05) is 0 Å². The van der Waals surface area contributed by atoms with Gasteiger partial charge in [-0.3, -0.25) is 0 Å². The van der Waals surface area contributed by atoms with E-state index in [1.165, 1.54) is 12.8 Å². The summed E-state index contributed by atoms with van der Waals surface area (Å²) in [5.41, 5.74) is 3.31. The molecule has 62 valence electrons. The van der Waals surface area contributed by atoms with Crippen LogP contribution in [0, 0.1) is 5.92 Å². The molecular weight excluding hydrogens is 144 g/mol. The third-order valence-electron chi connectivity index (χ3n) is 3.72. The zero-order valence-electron chi connectivity index (χ0n) is 7.46. The van der Waals surface area contributed by atoms with Gasteiger partial charge in [-0.05, 0) is 41.7 Å². The maximum Gasteiger partial charge on any atom is -0.0127 e. The molecule has 0 N–H and O–H groups in total. The van der Waals surface area contributed by atoms with Crippen LogP contribution in [-0.2, 0) is 0 Å². The summed E-state index contributed by atoms with van der Waals surface area (Å²) in [6.07, 6.45) is 2.86. The van der Waals surface area contributed by atoms with Crippen LogP contribution in [0.2, 0.25) is 0 Å². The summed E-state index contributed by atoms with van der Waals surface area (Å²) in [4.78, 5) is 0. The van der Waals surface area contributed by atoms with E-state index in [0.29, 0.717) is 0 Å². The van der Waals surface area contributed by atoms with Gasteiger partial charge in [-0.2, -0.15) is 0 Å². The smallest absolute Gasteiger partial charge is 0.0127 e. The predicted molar refractivity (Wildman–Crippen MR) is 50.3 cm³/mol. The third-order valence-corrected chi connectivity index (χ3v) is 3.72. The van der Waals surface area contributed by atoms with E-state index in [1.54, 1.807) is 11.1 Å². The van der Waals surface area contributed by atoms with Crippen molar-refractivity contribution in [2.45, 2.75) is 31.6 Å². The van der Waals surface area contributed by atoms with Crippen LogP contribution in [0.15, 0.2) is 24.3 Å². The molecule has 0 spiro atoms. The topological polar surface area (TPSA) is 0 Å². The van der Waals surface area contributed by atoms with Crippen LogP contribution in [0.25, 0.3) is 0 Å². The summed E-state index contributed by atoms with van der Waals surface area (Å²) in [6, 6.07) is 9.03. The molecular formula is C12H14. The second-order valence-corrected chi connectivity index (χ2v) is 4.38. The second-order valence-electron chi connectivity index (χ2n) is 4.38. The Bertz CT molecular complexity index is 314. The van der Waals surface area contributed by atoms with E-state index in [1.807, 2.05) is 0 Å². The lowest BCUT2D eigenvalue weighted by molar-refractivity contribution is 0.514. The zero-order chi connectivity index (χ0) is 8.13. The first-order chi connectivity index (χ1) is 5.86. The van der Waals surface area contributed by atoms with E-state index in [4.69, 9.17) is 0 Å². The van der Waals surface area contributed by atoms with E-state index < -0.39 is 0 Å². The number of rotatable bonds is 0. The molecule has 0 aromatic heterocycles. The first-order valence-electron chi connectivity index (χ1n) is 4.95. The molecule has 3 atom stereocenters. The molecule has 1 saturated carbocycles. The summed E-state index contributed by atoms with van der Waals surface area (Å²) in [5.74, 6) is 2.73. The molecule has 12 heavy (non-hydrogen) atoms. The summed E-state index contributed by atoms with van der Waals surface area (Å²) in [6.45, 7) is 2.40. The fraction of sp³-hybridized carbons (Fsp3) is 0.500. The zero-order valence-corrected chi connectivity index (χ0v) is 7.46. The van der Waals surface area contributed by atoms with Gasteiger partial charge in [0, 0.05) is 0 Å². The minimum absolute atomic E-state index is 0.895. The van der Waals surface area contributed by atoms with Gasteiger partial charge in [0.05, 0.1) is 0 Å². The lowest BCUT2D eigenvalue weighted by Crippen LogP contribution is -2.06. The quantitative estimate of drug-likeness (QED) is 0.543. The van der Waals surface area contributed by atoms with E-state index in [0.717, 1.165) is 17.8 Å². The largest absolute Gasteiger partial charge is 0.0620 e. The molecule has 2 bridgehead atoms. The third kappa shape index (κ3) is 0.682. The molecule has 1 aromatic carbocycles. The lowest BCUT2D eigenvalue weighted by Gasteiger charge is -2.20. The average Bonchev–Trinajstić information content (AvgIpc) is 2.62. The second kappa shape index (κ2) is 2.12. The predicted octanol–water partition coefficient (Wildman–Crippen LogP) is 3.30. The van der Waals surface area contributed by atoms with Gasteiger partial charge in [0.2, 0.25) is 0 Å². The summed E-state index contributed by atoms with van der Waals surface area (Å²) in [5, 5.41) is 0. The van der Waals surface area contributed by atoms with Crippen LogP contribution in [0.4, 0.5) is 0 Å². The standard InChI is InChI=1S/C12H14/c1-8-6-9-7-12(8)11-5-3-2-4-10(9)11/h2-5,8-9,12H,6-7H2,1H3. The molecule has 3 rings (SSSR count). The van der Waals surface area contributed by atoms with Crippen molar-refractivity contribution in [3.63, 3.8) is 0 Å². The maximum absolute atomic E-state index is 2.40. The van der Waals surface area contributed by atoms with Crippen molar-refractivity contribution in [1.29, 1.82) is 0 Å². The molecule has 0 saturated heterocycles. The Hall–Kier alpha value is -0.780. The van der Waals surface area contributed by atoms with Gasteiger partial charge < -0.3 is 0 Å². The van der Waals surface area contributed by atoms with Crippen molar-refractivity contribution in [3.05, 3.63) is 35.4 Å². The normalized spacial score (nSPS) is 36.9. The highest BCUT2D eigenvalue weighted by atomic mass is 14.4. The number of hydrogen-bond acceptors (Lipinski definition) is 0. The van der Waals surface area contributed by atoms with E-state index >= 15 is 0 Å². The summed E-state index contributed by atoms with van der Waals surface area (Å²) < 4.78 is 0. The lowest BCUT2D eigenvalue weighted by atomic mass is 9.85. The number of benzene rings is 1. The molecule has 1 fully saturated rings. The molecule has 0 aliphatic heterocycles. The SMILES string of the molecule is CC1CC2CC1c1ccccc12. The molecule has 0 heterocycles. The van der Waals surface area contributed by atoms with Crippen LogP contribution in [0.3, 0.4) is 0 Å². The van der Waals surface area contributed by atoms with Gasteiger partial charge in [0.15, 0.2) is 0 Å². The highest BCUT2D eigenvalue weighted by molar-refractivity contribution is 5.41. The fourth-order valence-corrected chi connectivity index (χ4v) is 3.16. The molecule has 0 heteroatoms. The maximum atomic E-state index is 2.40. The Morgan fingerprint density at radius 1 is 1.08 bits per heavy atom. The van der Waals surface area contributed by atoms with Crippen LogP contribution in [0.1, 0.15) is 42.7 Å². The number of hydrogen-bond donors (Lipinski definition) is 0. The van der Waals surface area contributed by atoms with Crippen LogP contribution < -0.4 is 0 Å².